The Morgan fingerprint density at radius 3 is 2.18 bits per heavy atom. The molecule has 28 heavy (non-hydrogen) atoms. The first-order chi connectivity index (χ1) is 13.1. The van der Waals surface area contributed by atoms with Gasteiger partial charge < -0.3 is 0 Å². The summed E-state index contributed by atoms with van der Waals surface area (Å²) in [6, 6.07) is 14.6. The predicted molar refractivity (Wildman–Crippen MR) is 113 cm³/mol. The molecule has 1 heterocycles. The van der Waals surface area contributed by atoms with Crippen molar-refractivity contribution in [1.82, 2.24) is 0 Å². The van der Waals surface area contributed by atoms with Gasteiger partial charge in [-0.25, -0.2) is 16.8 Å². The second kappa shape index (κ2) is 7.57. The number of thiophene rings is 1. The third kappa shape index (κ3) is 4.54. The summed E-state index contributed by atoms with van der Waals surface area (Å²) in [5.74, 6) is 0. The Balaban J connectivity index is 1.92. The summed E-state index contributed by atoms with van der Waals surface area (Å²) in [4.78, 5) is 0.843. The molecule has 0 unspecified atom stereocenters. The number of sulfonamides is 2. The number of nitrogens with one attached hydrogen (secondary N) is 2. The van der Waals surface area contributed by atoms with Gasteiger partial charge in [0.05, 0.1) is 10.6 Å². The minimum Gasteiger partial charge on any atom is -0.280 e. The monoisotopic (exact) mass is 436 g/mol. The standard InChI is InChI=1S/C19H20N2O4S3/c1-13-5-4-6-16(11-13)20-27(22,23)17-9-7-14(2)18(12-17)21-28(24,25)19-10-8-15(3)26-19/h4-12,20-21H,1-3H3. The van der Waals surface area contributed by atoms with Gasteiger partial charge >= 0.3 is 0 Å². The fourth-order valence-corrected chi connectivity index (χ4v) is 6.03. The highest BCUT2D eigenvalue weighted by Crippen LogP contribution is 2.27. The molecule has 3 aromatic rings. The molecule has 2 N–H and O–H groups in total. The van der Waals surface area contributed by atoms with Crippen molar-refractivity contribution in [2.24, 2.45) is 0 Å². The summed E-state index contributed by atoms with van der Waals surface area (Å²) in [5, 5.41) is 0. The molecular formula is C19H20N2O4S3. The highest BCUT2D eigenvalue weighted by atomic mass is 32.2. The number of aryl methyl sites for hydroxylation is 3. The van der Waals surface area contributed by atoms with Crippen LogP contribution in [-0.2, 0) is 20.0 Å². The lowest BCUT2D eigenvalue weighted by molar-refractivity contribution is 0.599. The first-order valence-electron chi connectivity index (χ1n) is 8.36. The van der Waals surface area contributed by atoms with Crippen molar-refractivity contribution >= 4 is 42.8 Å². The first-order valence-corrected chi connectivity index (χ1v) is 12.1. The van der Waals surface area contributed by atoms with Gasteiger partial charge in [-0.05, 0) is 68.3 Å². The van der Waals surface area contributed by atoms with Crippen LogP contribution in [0, 0.1) is 20.8 Å². The first kappa shape index (κ1) is 20.4. The van der Waals surface area contributed by atoms with Crippen LogP contribution in [-0.4, -0.2) is 16.8 Å². The highest BCUT2D eigenvalue weighted by Gasteiger charge is 2.20. The zero-order valence-corrected chi connectivity index (χ0v) is 18.0. The summed E-state index contributed by atoms with van der Waals surface area (Å²) < 4.78 is 55.8. The molecule has 1 aromatic heterocycles. The van der Waals surface area contributed by atoms with E-state index >= 15 is 0 Å². The van der Waals surface area contributed by atoms with Gasteiger partial charge in [0.15, 0.2) is 0 Å². The molecule has 0 aliphatic rings. The molecule has 0 radical (unpaired) electrons. The van der Waals surface area contributed by atoms with Crippen molar-refractivity contribution in [1.29, 1.82) is 0 Å². The summed E-state index contributed by atoms with van der Waals surface area (Å²) in [7, 11) is -7.66. The van der Waals surface area contributed by atoms with Gasteiger partial charge in [0.1, 0.15) is 4.21 Å². The van der Waals surface area contributed by atoms with Crippen LogP contribution in [0.1, 0.15) is 16.0 Å². The van der Waals surface area contributed by atoms with E-state index in [0.717, 1.165) is 21.8 Å². The van der Waals surface area contributed by atoms with E-state index in [1.165, 1.54) is 18.2 Å². The molecular weight excluding hydrogens is 416 g/mol. The van der Waals surface area contributed by atoms with E-state index in [1.54, 1.807) is 37.3 Å². The molecule has 0 spiro atoms. The molecule has 0 fully saturated rings. The van der Waals surface area contributed by atoms with Crippen molar-refractivity contribution in [3.8, 4) is 0 Å². The molecule has 6 nitrogen and oxygen atoms in total. The van der Waals surface area contributed by atoms with Crippen molar-refractivity contribution < 1.29 is 16.8 Å². The lowest BCUT2D eigenvalue weighted by Crippen LogP contribution is -2.15. The van der Waals surface area contributed by atoms with Crippen LogP contribution >= 0.6 is 11.3 Å². The zero-order chi connectivity index (χ0) is 20.5. The van der Waals surface area contributed by atoms with Gasteiger partial charge in [-0.1, -0.05) is 18.2 Å². The number of rotatable bonds is 6. The zero-order valence-electron chi connectivity index (χ0n) is 15.6. The molecule has 0 aliphatic carbocycles. The molecule has 0 saturated heterocycles. The van der Waals surface area contributed by atoms with E-state index in [4.69, 9.17) is 0 Å². The maximum Gasteiger partial charge on any atom is 0.271 e. The van der Waals surface area contributed by atoms with Crippen molar-refractivity contribution in [3.63, 3.8) is 0 Å². The van der Waals surface area contributed by atoms with Gasteiger partial charge in [0.2, 0.25) is 0 Å². The van der Waals surface area contributed by atoms with E-state index in [1.807, 2.05) is 19.9 Å². The Hall–Kier alpha value is -2.36. The second-order valence-corrected chi connectivity index (χ2v) is 11.3. The molecule has 2 aromatic carbocycles. The number of benzene rings is 2. The van der Waals surface area contributed by atoms with Crippen LogP contribution < -0.4 is 9.44 Å². The van der Waals surface area contributed by atoms with E-state index < -0.39 is 20.0 Å². The van der Waals surface area contributed by atoms with Crippen LogP contribution in [0.2, 0.25) is 0 Å². The van der Waals surface area contributed by atoms with Crippen molar-refractivity contribution in [3.05, 3.63) is 70.6 Å². The van der Waals surface area contributed by atoms with Crippen LogP contribution in [0.4, 0.5) is 11.4 Å². The minimum absolute atomic E-state index is 0.0281. The van der Waals surface area contributed by atoms with Gasteiger partial charge in [-0.15, -0.1) is 11.3 Å². The van der Waals surface area contributed by atoms with Gasteiger partial charge in [0.25, 0.3) is 20.0 Å². The average Bonchev–Trinajstić information content (AvgIpc) is 3.03. The summed E-state index contributed by atoms with van der Waals surface area (Å²) in [6.45, 7) is 5.39. The van der Waals surface area contributed by atoms with Crippen LogP contribution in [0.15, 0.2) is 63.7 Å². The number of hydrogen-bond donors (Lipinski definition) is 2. The van der Waals surface area contributed by atoms with E-state index in [9.17, 15) is 16.8 Å². The van der Waals surface area contributed by atoms with Gasteiger partial charge in [-0.2, -0.15) is 0 Å². The number of hydrogen-bond acceptors (Lipinski definition) is 5. The Morgan fingerprint density at radius 2 is 1.54 bits per heavy atom. The number of anilines is 2. The predicted octanol–water partition coefficient (Wildman–Crippen LogP) is 4.27. The molecule has 0 atom stereocenters. The Morgan fingerprint density at radius 1 is 0.786 bits per heavy atom. The van der Waals surface area contributed by atoms with E-state index in [2.05, 4.69) is 9.44 Å². The fourth-order valence-electron chi connectivity index (χ4n) is 2.55. The largest absolute Gasteiger partial charge is 0.280 e. The molecule has 9 heteroatoms. The van der Waals surface area contributed by atoms with Crippen molar-refractivity contribution in [2.75, 3.05) is 9.44 Å². The third-order valence-corrected chi connectivity index (χ3v) is 8.25. The molecule has 0 bridgehead atoms. The van der Waals surface area contributed by atoms with E-state index in [0.29, 0.717) is 11.3 Å². The summed E-state index contributed by atoms with van der Waals surface area (Å²) in [5.41, 5.74) is 2.20. The average molecular weight is 437 g/mol. The Kier molecular flexibility index (Phi) is 5.51. The topological polar surface area (TPSA) is 92.3 Å². The normalized spacial score (nSPS) is 12.0. The molecule has 148 valence electrons. The minimum atomic E-state index is -3.87. The van der Waals surface area contributed by atoms with E-state index in [-0.39, 0.29) is 14.8 Å². The lowest BCUT2D eigenvalue weighted by Gasteiger charge is -2.13. The summed E-state index contributed by atoms with van der Waals surface area (Å²) >= 11 is 1.15. The van der Waals surface area contributed by atoms with Gasteiger partial charge in [-0.3, -0.25) is 9.44 Å². The Labute approximate surface area is 169 Å². The van der Waals surface area contributed by atoms with Gasteiger partial charge in [0, 0.05) is 10.6 Å². The Bertz CT molecular complexity index is 1230. The SMILES string of the molecule is Cc1cccc(NS(=O)(=O)c2ccc(C)c(NS(=O)(=O)c3ccc(C)s3)c2)c1. The smallest absolute Gasteiger partial charge is 0.271 e. The molecule has 0 amide bonds. The van der Waals surface area contributed by atoms with Crippen molar-refractivity contribution in [2.45, 2.75) is 29.9 Å². The van der Waals surface area contributed by atoms with Crippen LogP contribution in [0.5, 0.6) is 0 Å². The third-order valence-electron chi connectivity index (χ3n) is 4.01. The highest BCUT2D eigenvalue weighted by molar-refractivity contribution is 7.94. The maximum absolute atomic E-state index is 12.7. The molecule has 0 aliphatic heterocycles. The second-order valence-electron chi connectivity index (χ2n) is 6.42. The summed E-state index contributed by atoms with van der Waals surface area (Å²) in [6.07, 6.45) is 0. The van der Waals surface area contributed by atoms with Crippen LogP contribution in [0.25, 0.3) is 0 Å². The lowest BCUT2D eigenvalue weighted by atomic mass is 10.2. The fraction of sp³-hybridized carbons (Fsp3) is 0.158. The van der Waals surface area contributed by atoms with Crippen LogP contribution in [0.3, 0.4) is 0 Å². The molecule has 3 rings (SSSR count). The maximum atomic E-state index is 12.7. The molecule has 0 saturated carbocycles. The quantitative estimate of drug-likeness (QED) is 0.603.